The maximum Gasteiger partial charge on any atom is 0.260 e. The lowest BCUT2D eigenvalue weighted by molar-refractivity contribution is -0.693. The van der Waals surface area contributed by atoms with Crippen LogP contribution in [0.1, 0.15) is 48.1 Å². The lowest BCUT2D eigenvalue weighted by Gasteiger charge is -2.17. The summed E-state index contributed by atoms with van der Waals surface area (Å²) in [5.41, 5.74) is 3.80. The summed E-state index contributed by atoms with van der Waals surface area (Å²) in [6.45, 7) is 5.36. The van der Waals surface area contributed by atoms with Crippen LogP contribution in [0.25, 0.3) is 21.1 Å². The molecule has 0 unspecified atom stereocenters. The van der Waals surface area contributed by atoms with Crippen molar-refractivity contribution in [3.8, 4) is 0 Å². The number of para-hydroxylation sites is 1. The standard InChI is InChI=1S/C23H26N4OS/c1-13-7-8-17-19(11-13)29-23-20(17)22(28)26-21(27-23)14(2)24-10-9-15-12-25-18-6-4-3-5-16(15)18/h3-6,12-14,24-25H,7-11H2,1-2H3,(H,26,27,28)/p+1/t13-,14+/m1/s1. The van der Waals surface area contributed by atoms with E-state index in [2.05, 4.69) is 59.6 Å². The van der Waals surface area contributed by atoms with Crippen LogP contribution < -0.4 is 10.9 Å². The average molecular weight is 408 g/mol. The summed E-state index contributed by atoms with van der Waals surface area (Å²) < 4.78 is 0. The van der Waals surface area contributed by atoms with Gasteiger partial charge in [0.05, 0.1) is 11.9 Å². The first-order chi connectivity index (χ1) is 14.1. The summed E-state index contributed by atoms with van der Waals surface area (Å²) in [6, 6.07) is 8.53. The molecule has 1 aliphatic carbocycles. The quantitative estimate of drug-likeness (QED) is 0.474. The highest BCUT2D eigenvalue weighted by Gasteiger charge is 2.24. The molecule has 1 aromatic carbocycles. The minimum atomic E-state index is 0.0360. The van der Waals surface area contributed by atoms with E-state index in [1.165, 1.54) is 26.9 Å². The molecule has 6 heteroatoms. The molecule has 29 heavy (non-hydrogen) atoms. The molecule has 0 saturated carbocycles. The van der Waals surface area contributed by atoms with Crippen molar-refractivity contribution in [2.75, 3.05) is 6.54 Å². The fourth-order valence-corrected chi connectivity index (χ4v) is 5.91. The van der Waals surface area contributed by atoms with Gasteiger partial charge in [-0.25, -0.2) is 4.98 Å². The molecule has 0 amide bonds. The molecule has 0 radical (unpaired) electrons. The molecule has 0 aliphatic heterocycles. The normalized spacial score (nSPS) is 17.7. The van der Waals surface area contributed by atoms with Crippen LogP contribution in [0.3, 0.4) is 0 Å². The number of H-pyrrole nitrogens is 2. The molecule has 0 spiro atoms. The molecule has 0 fully saturated rings. The first-order valence-electron chi connectivity index (χ1n) is 10.5. The SMILES string of the molecule is C[C@@H]1CCc2c(sc3nc([C@H](C)[NH2+]CCc4c[nH]c5ccccc45)[nH]c(=O)c23)C1. The van der Waals surface area contributed by atoms with Gasteiger partial charge >= 0.3 is 0 Å². The molecule has 5 nitrogen and oxygen atoms in total. The maximum absolute atomic E-state index is 12.8. The Balaban J connectivity index is 1.33. The van der Waals surface area contributed by atoms with Crippen molar-refractivity contribution in [2.24, 2.45) is 5.92 Å². The molecular weight excluding hydrogens is 380 g/mol. The van der Waals surface area contributed by atoms with Crippen molar-refractivity contribution in [3.63, 3.8) is 0 Å². The van der Waals surface area contributed by atoms with Crippen LogP contribution in [-0.2, 0) is 19.3 Å². The van der Waals surface area contributed by atoms with E-state index in [9.17, 15) is 4.79 Å². The number of aromatic nitrogens is 3. The van der Waals surface area contributed by atoms with Gasteiger partial charge in [-0.1, -0.05) is 25.1 Å². The van der Waals surface area contributed by atoms with Crippen LogP contribution in [0.2, 0.25) is 0 Å². The van der Waals surface area contributed by atoms with Gasteiger partial charge in [-0.3, -0.25) is 4.79 Å². The lowest BCUT2D eigenvalue weighted by atomic mass is 9.89. The molecule has 4 aromatic rings. The number of hydrogen-bond donors (Lipinski definition) is 3. The fourth-order valence-electron chi connectivity index (χ4n) is 4.52. The Morgan fingerprint density at radius 3 is 3.10 bits per heavy atom. The smallest absolute Gasteiger partial charge is 0.260 e. The number of hydrogen-bond acceptors (Lipinski definition) is 3. The third-order valence-electron chi connectivity index (χ3n) is 6.22. The molecule has 4 N–H and O–H groups in total. The molecule has 3 aromatic heterocycles. The zero-order valence-corrected chi connectivity index (χ0v) is 17.7. The number of rotatable bonds is 5. The Kier molecular flexibility index (Phi) is 4.76. The minimum Gasteiger partial charge on any atom is -0.361 e. The Hall–Kier alpha value is -2.44. The fraction of sp³-hybridized carbons (Fsp3) is 0.391. The van der Waals surface area contributed by atoms with E-state index < -0.39 is 0 Å². The van der Waals surface area contributed by atoms with Crippen molar-refractivity contribution in [3.05, 3.63) is 62.6 Å². The molecule has 2 atom stereocenters. The largest absolute Gasteiger partial charge is 0.361 e. The van der Waals surface area contributed by atoms with Gasteiger partial charge in [0.2, 0.25) is 0 Å². The Morgan fingerprint density at radius 1 is 1.34 bits per heavy atom. The summed E-state index contributed by atoms with van der Waals surface area (Å²) in [7, 11) is 0. The van der Waals surface area contributed by atoms with Gasteiger partial charge in [-0.15, -0.1) is 11.3 Å². The van der Waals surface area contributed by atoms with E-state index in [1.807, 2.05) is 0 Å². The van der Waals surface area contributed by atoms with Crippen LogP contribution in [0.4, 0.5) is 0 Å². The number of benzene rings is 1. The third-order valence-corrected chi connectivity index (χ3v) is 7.37. The van der Waals surface area contributed by atoms with Crippen molar-refractivity contribution < 1.29 is 5.32 Å². The minimum absolute atomic E-state index is 0.0360. The Labute approximate surface area is 173 Å². The van der Waals surface area contributed by atoms with E-state index >= 15 is 0 Å². The highest BCUT2D eigenvalue weighted by molar-refractivity contribution is 7.18. The number of aromatic amines is 2. The number of aryl methyl sites for hydroxylation is 1. The molecule has 0 saturated heterocycles. The molecule has 5 rings (SSSR count). The monoisotopic (exact) mass is 407 g/mol. The van der Waals surface area contributed by atoms with Gasteiger partial charge in [0, 0.05) is 28.4 Å². The van der Waals surface area contributed by atoms with Crippen LogP contribution in [0, 0.1) is 5.92 Å². The molecule has 1 aliphatic rings. The second-order valence-electron chi connectivity index (χ2n) is 8.41. The third kappa shape index (κ3) is 3.40. The van der Waals surface area contributed by atoms with Gasteiger partial charge in [0.15, 0.2) is 5.82 Å². The average Bonchev–Trinajstić information content (AvgIpc) is 3.28. The van der Waals surface area contributed by atoms with Gasteiger partial charge in [-0.05, 0) is 49.3 Å². The lowest BCUT2D eigenvalue weighted by Crippen LogP contribution is -2.85. The zero-order chi connectivity index (χ0) is 20.0. The van der Waals surface area contributed by atoms with Crippen LogP contribution in [-0.4, -0.2) is 21.5 Å². The number of quaternary nitrogens is 1. The number of thiophene rings is 1. The number of nitrogens with two attached hydrogens (primary N) is 1. The first-order valence-corrected chi connectivity index (χ1v) is 11.3. The topological polar surface area (TPSA) is 78.2 Å². The maximum atomic E-state index is 12.8. The Morgan fingerprint density at radius 2 is 2.21 bits per heavy atom. The van der Waals surface area contributed by atoms with Crippen molar-refractivity contribution in [1.29, 1.82) is 0 Å². The van der Waals surface area contributed by atoms with Crippen LogP contribution in [0.5, 0.6) is 0 Å². The number of nitrogens with zero attached hydrogens (tertiary/aromatic N) is 1. The summed E-state index contributed by atoms with van der Waals surface area (Å²) >= 11 is 1.72. The van der Waals surface area contributed by atoms with Crippen LogP contribution in [0.15, 0.2) is 35.3 Å². The van der Waals surface area contributed by atoms with Crippen LogP contribution >= 0.6 is 11.3 Å². The molecular formula is C23H27N4OS+. The van der Waals surface area contributed by atoms with Crippen molar-refractivity contribution in [2.45, 2.75) is 45.6 Å². The zero-order valence-electron chi connectivity index (χ0n) is 16.9. The molecule has 3 heterocycles. The Bertz CT molecular complexity index is 1230. The predicted octanol–water partition coefficient (Wildman–Crippen LogP) is 3.46. The van der Waals surface area contributed by atoms with E-state index in [0.717, 1.165) is 48.3 Å². The van der Waals surface area contributed by atoms with Gasteiger partial charge in [0.1, 0.15) is 10.9 Å². The van der Waals surface area contributed by atoms with Crippen molar-refractivity contribution in [1.82, 2.24) is 15.0 Å². The van der Waals surface area contributed by atoms with Gasteiger partial charge in [0.25, 0.3) is 5.56 Å². The van der Waals surface area contributed by atoms with Crippen molar-refractivity contribution >= 4 is 32.5 Å². The highest BCUT2D eigenvalue weighted by atomic mass is 32.1. The van der Waals surface area contributed by atoms with E-state index in [4.69, 9.17) is 4.98 Å². The second kappa shape index (κ2) is 7.43. The number of nitrogens with one attached hydrogen (secondary N) is 2. The first kappa shape index (κ1) is 18.6. The summed E-state index contributed by atoms with van der Waals surface area (Å²) in [5.74, 6) is 1.49. The van der Waals surface area contributed by atoms with E-state index in [-0.39, 0.29) is 11.6 Å². The second-order valence-corrected chi connectivity index (χ2v) is 9.49. The summed E-state index contributed by atoms with van der Waals surface area (Å²) in [4.78, 5) is 26.4. The number of fused-ring (bicyclic) bond motifs is 4. The molecule has 150 valence electrons. The summed E-state index contributed by atoms with van der Waals surface area (Å²) in [6.07, 6.45) is 6.33. The van der Waals surface area contributed by atoms with E-state index in [1.54, 1.807) is 11.3 Å². The summed E-state index contributed by atoms with van der Waals surface area (Å²) in [5, 5.41) is 4.40. The highest BCUT2D eigenvalue weighted by Crippen LogP contribution is 2.35. The van der Waals surface area contributed by atoms with Gasteiger partial charge in [-0.2, -0.15) is 0 Å². The van der Waals surface area contributed by atoms with Gasteiger partial charge < -0.3 is 15.3 Å². The van der Waals surface area contributed by atoms with E-state index in [0.29, 0.717) is 5.92 Å². The predicted molar refractivity (Wildman–Crippen MR) is 119 cm³/mol. The molecule has 0 bridgehead atoms.